The van der Waals surface area contributed by atoms with E-state index in [4.69, 9.17) is 0 Å². The minimum absolute atomic E-state index is 0.107. The Morgan fingerprint density at radius 3 is 1.50 bits per heavy atom. The lowest BCUT2D eigenvalue weighted by Crippen LogP contribution is -2.15. The fraction of sp³-hybridized carbons (Fsp3) is 0.0769. The van der Waals surface area contributed by atoms with Crippen molar-refractivity contribution < 1.29 is 4.39 Å². The standard InChI is InChI=1S/C39H27F/c1-39(2)34-18-10-9-17-32(34)38-27-12-4-3-11-26(27)33(23-35(38)39)37-30-15-7-5-13-28(30)36(24-19-21-25(40)22-20-24)29-14-6-8-16-31(29)37/h3-23H,1-2H3. The largest absolute Gasteiger partial charge is 0.207 e. The van der Waals surface area contributed by atoms with Crippen LogP contribution in [-0.4, -0.2) is 0 Å². The van der Waals surface area contributed by atoms with Gasteiger partial charge in [-0.1, -0.05) is 123 Å². The molecule has 0 aromatic heterocycles. The van der Waals surface area contributed by atoms with Crippen molar-refractivity contribution in [1.82, 2.24) is 0 Å². The molecule has 0 fully saturated rings. The van der Waals surface area contributed by atoms with Gasteiger partial charge in [-0.2, -0.15) is 0 Å². The lowest BCUT2D eigenvalue weighted by Gasteiger charge is -2.24. The van der Waals surface area contributed by atoms with Crippen molar-refractivity contribution in [3.63, 3.8) is 0 Å². The van der Waals surface area contributed by atoms with Gasteiger partial charge in [0.2, 0.25) is 0 Å². The van der Waals surface area contributed by atoms with E-state index in [1.807, 2.05) is 12.1 Å². The molecule has 1 aliphatic rings. The Hall–Kier alpha value is -4.75. The number of halogens is 1. The minimum Gasteiger partial charge on any atom is -0.207 e. The molecule has 7 aromatic rings. The maximum Gasteiger partial charge on any atom is 0.123 e. The SMILES string of the molecule is CC1(C)c2ccccc2-c2c1cc(-c1c3ccccc3c(-c3ccc(F)cc3)c3ccccc13)c1ccccc21. The van der Waals surface area contributed by atoms with Crippen LogP contribution in [0.5, 0.6) is 0 Å². The summed E-state index contributed by atoms with van der Waals surface area (Å²) in [6.07, 6.45) is 0. The van der Waals surface area contributed by atoms with Crippen LogP contribution in [0.1, 0.15) is 25.0 Å². The van der Waals surface area contributed by atoms with Gasteiger partial charge >= 0.3 is 0 Å². The predicted octanol–water partition coefficient (Wildman–Crippen LogP) is 10.9. The zero-order valence-corrected chi connectivity index (χ0v) is 22.5. The lowest BCUT2D eigenvalue weighted by atomic mass is 9.79. The van der Waals surface area contributed by atoms with Crippen LogP contribution < -0.4 is 0 Å². The molecular formula is C39H27F. The van der Waals surface area contributed by atoms with Gasteiger partial charge in [-0.3, -0.25) is 0 Å². The average Bonchev–Trinajstić information content (AvgIpc) is 3.22. The maximum atomic E-state index is 13.9. The molecule has 1 heteroatoms. The smallest absolute Gasteiger partial charge is 0.123 e. The molecule has 8 rings (SSSR count). The molecule has 0 radical (unpaired) electrons. The Kier molecular flexibility index (Phi) is 4.85. The third-order valence-corrected chi connectivity index (χ3v) is 8.92. The Morgan fingerprint density at radius 1 is 0.425 bits per heavy atom. The van der Waals surface area contributed by atoms with E-state index in [-0.39, 0.29) is 11.2 Å². The second-order valence-electron chi connectivity index (χ2n) is 11.4. The highest BCUT2D eigenvalue weighted by Crippen LogP contribution is 2.54. The minimum atomic E-state index is -0.220. The van der Waals surface area contributed by atoms with E-state index in [0.717, 1.165) is 11.1 Å². The zero-order valence-electron chi connectivity index (χ0n) is 22.5. The van der Waals surface area contributed by atoms with Gasteiger partial charge in [0.05, 0.1) is 0 Å². The van der Waals surface area contributed by atoms with E-state index in [9.17, 15) is 4.39 Å². The van der Waals surface area contributed by atoms with E-state index in [0.29, 0.717) is 0 Å². The van der Waals surface area contributed by atoms with E-state index in [2.05, 4.69) is 117 Å². The van der Waals surface area contributed by atoms with Crippen LogP contribution in [0.2, 0.25) is 0 Å². The van der Waals surface area contributed by atoms with Crippen molar-refractivity contribution in [2.24, 2.45) is 0 Å². The summed E-state index contributed by atoms with van der Waals surface area (Å²) in [5, 5.41) is 7.32. The Morgan fingerprint density at radius 2 is 0.900 bits per heavy atom. The van der Waals surface area contributed by atoms with Crippen LogP contribution in [0, 0.1) is 5.82 Å². The van der Waals surface area contributed by atoms with Gasteiger partial charge in [0.15, 0.2) is 0 Å². The highest BCUT2D eigenvalue weighted by atomic mass is 19.1. The Labute approximate surface area is 233 Å². The molecule has 190 valence electrons. The summed E-state index contributed by atoms with van der Waals surface area (Å²) in [7, 11) is 0. The molecule has 0 spiro atoms. The van der Waals surface area contributed by atoms with Crippen LogP contribution in [0.25, 0.3) is 65.7 Å². The molecule has 0 unspecified atom stereocenters. The van der Waals surface area contributed by atoms with Gasteiger partial charge in [-0.15, -0.1) is 0 Å². The molecule has 0 aliphatic heterocycles. The van der Waals surface area contributed by atoms with Crippen molar-refractivity contribution in [2.45, 2.75) is 19.3 Å². The molecule has 0 heterocycles. The summed E-state index contributed by atoms with van der Waals surface area (Å²) in [6.45, 7) is 4.70. The van der Waals surface area contributed by atoms with Crippen LogP contribution in [0.15, 0.2) is 127 Å². The van der Waals surface area contributed by atoms with Gasteiger partial charge < -0.3 is 0 Å². The van der Waals surface area contributed by atoms with Gasteiger partial charge in [-0.25, -0.2) is 4.39 Å². The highest BCUT2D eigenvalue weighted by molar-refractivity contribution is 6.24. The lowest BCUT2D eigenvalue weighted by molar-refractivity contribution is 0.628. The summed E-state index contributed by atoms with van der Waals surface area (Å²) in [4.78, 5) is 0. The molecule has 0 atom stereocenters. The van der Waals surface area contributed by atoms with Gasteiger partial charge in [0.1, 0.15) is 5.82 Å². The Balaban J connectivity index is 1.55. The number of fused-ring (bicyclic) bond motifs is 7. The molecule has 0 saturated carbocycles. The van der Waals surface area contributed by atoms with Crippen LogP contribution in [0.4, 0.5) is 4.39 Å². The second-order valence-corrected chi connectivity index (χ2v) is 11.4. The van der Waals surface area contributed by atoms with Crippen molar-refractivity contribution in [3.05, 3.63) is 144 Å². The summed E-state index contributed by atoms with van der Waals surface area (Å²) >= 11 is 0. The molecule has 0 nitrogen and oxygen atoms in total. The van der Waals surface area contributed by atoms with Crippen LogP contribution in [0.3, 0.4) is 0 Å². The molecule has 1 aliphatic carbocycles. The first-order valence-electron chi connectivity index (χ1n) is 13.9. The number of hydrogen-bond acceptors (Lipinski definition) is 0. The van der Waals surface area contributed by atoms with Gasteiger partial charge in [0, 0.05) is 5.41 Å². The molecule has 40 heavy (non-hydrogen) atoms. The number of benzene rings is 7. The zero-order chi connectivity index (χ0) is 27.0. The van der Waals surface area contributed by atoms with Crippen molar-refractivity contribution in [1.29, 1.82) is 0 Å². The van der Waals surface area contributed by atoms with E-state index in [1.165, 1.54) is 65.7 Å². The highest BCUT2D eigenvalue weighted by Gasteiger charge is 2.37. The molecule has 0 amide bonds. The second kappa shape index (κ2) is 8.37. The van der Waals surface area contributed by atoms with Gasteiger partial charge in [0.25, 0.3) is 0 Å². The van der Waals surface area contributed by atoms with Gasteiger partial charge in [-0.05, 0) is 95.0 Å². The molecule has 7 aromatic carbocycles. The third kappa shape index (κ3) is 3.12. The average molecular weight is 515 g/mol. The van der Waals surface area contributed by atoms with E-state index >= 15 is 0 Å². The molecule has 0 N–H and O–H groups in total. The van der Waals surface area contributed by atoms with Crippen LogP contribution >= 0.6 is 0 Å². The molecular weight excluding hydrogens is 487 g/mol. The number of hydrogen-bond donors (Lipinski definition) is 0. The summed E-state index contributed by atoms with van der Waals surface area (Å²) in [6, 6.07) is 44.5. The van der Waals surface area contributed by atoms with Crippen LogP contribution in [-0.2, 0) is 5.41 Å². The quantitative estimate of drug-likeness (QED) is 0.201. The Bertz CT molecular complexity index is 2070. The predicted molar refractivity (Wildman–Crippen MR) is 167 cm³/mol. The summed E-state index contributed by atoms with van der Waals surface area (Å²) < 4.78 is 13.9. The molecule has 0 bridgehead atoms. The number of rotatable bonds is 2. The third-order valence-electron chi connectivity index (χ3n) is 8.92. The van der Waals surface area contributed by atoms with E-state index < -0.39 is 0 Å². The monoisotopic (exact) mass is 514 g/mol. The topological polar surface area (TPSA) is 0 Å². The summed E-state index contributed by atoms with van der Waals surface area (Å²) in [5.41, 5.74) is 10.0. The van der Waals surface area contributed by atoms with Crippen molar-refractivity contribution in [2.75, 3.05) is 0 Å². The molecule has 0 saturated heterocycles. The fourth-order valence-corrected chi connectivity index (χ4v) is 7.10. The maximum absolute atomic E-state index is 13.9. The van der Waals surface area contributed by atoms with E-state index in [1.54, 1.807) is 12.1 Å². The normalized spacial score (nSPS) is 13.6. The first-order valence-corrected chi connectivity index (χ1v) is 13.9. The summed E-state index contributed by atoms with van der Waals surface area (Å²) in [5.74, 6) is -0.220. The first kappa shape index (κ1) is 23.2. The fourth-order valence-electron chi connectivity index (χ4n) is 7.10. The van der Waals surface area contributed by atoms with Crippen molar-refractivity contribution >= 4 is 32.3 Å². The van der Waals surface area contributed by atoms with Crippen molar-refractivity contribution in [3.8, 4) is 33.4 Å². The first-order chi connectivity index (χ1) is 19.5.